The molecule has 0 unspecified atom stereocenters. The number of hydrogen-bond donors (Lipinski definition) is 1. The van der Waals surface area contributed by atoms with Gasteiger partial charge < -0.3 is 10.3 Å². The third-order valence-electron chi connectivity index (χ3n) is 2.11. The van der Waals surface area contributed by atoms with Gasteiger partial charge in [0.2, 0.25) is 0 Å². The van der Waals surface area contributed by atoms with Gasteiger partial charge in [0, 0.05) is 19.6 Å². The second kappa shape index (κ2) is 2.23. The number of imidazole rings is 1. The Morgan fingerprint density at radius 2 is 2.36 bits per heavy atom. The first-order valence-electron chi connectivity index (χ1n) is 3.76. The third kappa shape index (κ3) is 0.991. The van der Waals surface area contributed by atoms with Crippen LogP contribution in [0.25, 0.3) is 0 Å². The van der Waals surface area contributed by atoms with Gasteiger partial charge in [-0.1, -0.05) is 0 Å². The van der Waals surface area contributed by atoms with Crippen molar-refractivity contribution in [3.63, 3.8) is 0 Å². The molecule has 0 bridgehead atoms. The van der Waals surface area contributed by atoms with Gasteiger partial charge in [-0.3, -0.25) is 4.90 Å². The van der Waals surface area contributed by atoms with E-state index in [1.807, 2.05) is 6.20 Å². The minimum absolute atomic E-state index is 0.646. The smallest absolute Gasteiger partial charge is 0.200 e. The molecule has 1 aromatic heterocycles. The molecule has 4 heteroatoms. The van der Waals surface area contributed by atoms with Crippen LogP contribution in [0.1, 0.15) is 5.69 Å². The maximum atomic E-state index is 5.64. The van der Waals surface area contributed by atoms with Crippen LogP contribution in [0.2, 0.25) is 0 Å². The van der Waals surface area contributed by atoms with Crippen LogP contribution in [0.5, 0.6) is 0 Å². The topological polar surface area (TPSA) is 47.1 Å². The first-order valence-corrected chi connectivity index (χ1v) is 3.76. The normalized spacial score (nSPS) is 18.3. The van der Waals surface area contributed by atoms with E-state index in [2.05, 4.69) is 21.5 Å². The number of rotatable bonds is 0. The Balaban J connectivity index is 2.36. The van der Waals surface area contributed by atoms with Crippen LogP contribution in [-0.4, -0.2) is 28.0 Å². The maximum Gasteiger partial charge on any atom is 0.200 e. The van der Waals surface area contributed by atoms with Crippen molar-refractivity contribution in [1.82, 2.24) is 14.5 Å². The van der Waals surface area contributed by atoms with E-state index < -0.39 is 0 Å². The van der Waals surface area contributed by atoms with Crippen LogP contribution >= 0.6 is 0 Å². The second-order valence-corrected chi connectivity index (χ2v) is 3.00. The summed E-state index contributed by atoms with van der Waals surface area (Å²) < 4.78 is 2.07. The molecule has 1 aliphatic rings. The summed E-state index contributed by atoms with van der Waals surface area (Å²) in [6.07, 6.45) is 1.85. The SMILES string of the molecule is CN1CCn2c(cnc2N)C1. The zero-order chi connectivity index (χ0) is 7.84. The highest BCUT2D eigenvalue weighted by Gasteiger charge is 2.14. The first kappa shape index (κ1) is 6.67. The number of fused-ring (bicyclic) bond motifs is 1. The second-order valence-electron chi connectivity index (χ2n) is 3.00. The lowest BCUT2D eigenvalue weighted by Crippen LogP contribution is -2.30. The van der Waals surface area contributed by atoms with E-state index in [-0.39, 0.29) is 0 Å². The fraction of sp³-hybridized carbons (Fsp3) is 0.571. The average Bonchev–Trinajstić information content (AvgIpc) is 2.32. The molecule has 0 aliphatic carbocycles. The number of nitrogens with zero attached hydrogens (tertiary/aromatic N) is 3. The van der Waals surface area contributed by atoms with Crippen molar-refractivity contribution in [3.8, 4) is 0 Å². The van der Waals surface area contributed by atoms with E-state index in [1.165, 1.54) is 5.69 Å². The van der Waals surface area contributed by atoms with E-state index in [1.54, 1.807) is 0 Å². The summed E-state index contributed by atoms with van der Waals surface area (Å²) in [6, 6.07) is 0. The zero-order valence-electron chi connectivity index (χ0n) is 6.62. The van der Waals surface area contributed by atoms with E-state index in [4.69, 9.17) is 5.73 Å². The summed E-state index contributed by atoms with van der Waals surface area (Å²) in [4.78, 5) is 6.31. The predicted molar refractivity (Wildman–Crippen MR) is 43.0 cm³/mol. The molecule has 0 amide bonds. The summed E-state index contributed by atoms with van der Waals surface area (Å²) in [5.41, 5.74) is 6.86. The zero-order valence-corrected chi connectivity index (χ0v) is 6.62. The fourth-order valence-electron chi connectivity index (χ4n) is 1.44. The van der Waals surface area contributed by atoms with Gasteiger partial charge in [-0.05, 0) is 7.05 Å². The summed E-state index contributed by atoms with van der Waals surface area (Å²) in [6.45, 7) is 3.00. The predicted octanol–water partition coefficient (Wildman–Crippen LogP) is -0.0893. The highest BCUT2D eigenvalue weighted by molar-refractivity contribution is 5.23. The van der Waals surface area contributed by atoms with Crippen LogP contribution in [0, 0.1) is 0 Å². The monoisotopic (exact) mass is 152 g/mol. The molecule has 1 aliphatic heterocycles. The lowest BCUT2D eigenvalue weighted by Gasteiger charge is -2.24. The third-order valence-corrected chi connectivity index (χ3v) is 2.11. The molecular weight excluding hydrogens is 140 g/mol. The van der Waals surface area contributed by atoms with E-state index in [0.717, 1.165) is 19.6 Å². The fourth-order valence-corrected chi connectivity index (χ4v) is 1.44. The quantitative estimate of drug-likeness (QED) is 0.565. The van der Waals surface area contributed by atoms with Crippen molar-refractivity contribution in [2.75, 3.05) is 19.3 Å². The van der Waals surface area contributed by atoms with Crippen molar-refractivity contribution in [1.29, 1.82) is 0 Å². The molecule has 4 nitrogen and oxygen atoms in total. The molecule has 0 fully saturated rings. The molecule has 60 valence electrons. The molecule has 11 heavy (non-hydrogen) atoms. The average molecular weight is 152 g/mol. The highest BCUT2D eigenvalue weighted by atomic mass is 15.2. The lowest BCUT2D eigenvalue weighted by atomic mass is 10.3. The number of nitrogens with two attached hydrogens (primary N) is 1. The molecule has 0 spiro atoms. The Morgan fingerprint density at radius 1 is 1.55 bits per heavy atom. The molecule has 0 saturated carbocycles. The van der Waals surface area contributed by atoms with Gasteiger partial charge in [-0.15, -0.1) is 0 Å². The number of anilines is 1. The van der Waals surface area contributed by atoms with Gasteiger partial charge in [0.25, 0.3) is 0 Å². The molecule has 0 radical (unpaired) electrons. The van der Waals surface area contributed by atoms with Gasteiger partial charge in [0.1, 0.15) is 0 Å². The first-order chi connectivity index (χ1) is 5.27. The van der Waals surface area contributed by atoms with Gasteiger partial charge >= 0.3 is 0 Å². The summed E-state index contributed by atoms with van der Waals surface area (Å²) >= 11 is 0. The standard InChI is InChI=1S/C7H12N4/c1-10-2-3-11-6(5-10)4-9-7(11)8/h4H,2-3,5H2,1H3,(H2,8,9). The molecule has 2 heterocycles. The Morgan fingerprint density at radius 3 is 3.18 bits per heavy atom. The molecular formula is C7H12N4. The van der Waals surface area contributed by atoms with E-state index in [0.29, 0.717) is 5.95 Å². The Kier molecular flexibility index (Phi) is 1.35. The molecule has 0 saturated heterocycles. The van der Waals surface area contributed by atoms with Crippen LogP contribution < -0.4 is 5.73 Å². The van der Waals surface area contributed by atoms with Crippen LogP contribution in [-0.2, 0) is 13.1 Å². The van der Waals surface area contributed by atoms with Gasteiger partial charge in [0.15, 0.2) is 5.95 Å². The van der Waals surface area contributed by atoms with Crippen LogP contribution in [0.3, 0.4) is 0 Å². The number of aromatic nitrogens is 2. The van der Waals surface area contributed by atoms with Crippen LogP contribution in [0.15, 0.2) is 6.20 Å². The van der Waals surface area contributed by atoms with Crippen molar-refractivity contribution in [2.24, 2.45) is 0 Å². The largest absolute Gasteiger partial charge is 0.369 e. The molecule has 1 aromatic rings. The van der Waals surface area contributed by atoms with Crippen molar-refractivity contribution < 1.29 is 0 Å². The van der Waals surface area contributed by atoms with Crippen molar-refractivity contribution >= 4 is 5.95 Å². The number of likely N-dealkylation sites (N-methyl/N-ethyl adjacent to an activating group) is 1. The summed E-state index contributed by atoms with van der Waals surface area (Å²) in [7, 11) is 2.10. The number of hydrogen-bond acceptors (Lipinski definition) is 3. The van der Waals surface area contributed by atoms with Crippen LogP contribution in [0.4, 0.5) is 5.95 Å². The Bertz CT molecular complexity index is 265. The molecule has 2 rings (SSSR count). The number of nitrogen functional groups attached to an aromatic ring is 1. The maximum absolute atomic E-state index is 5.64. The summed E-state index contributed by atoms with van der Waals surface area (Å²) in [5.74, 6) is 0.646. The Hall–Kier alpha value is -1.03. The highest BCUT2D eigenvalue weighted by Crippen LogP contribution is 2.13. The van der Waals surface area contributed by atoms with Crippen molar-refractivity contribution in [2.45, 2.75) is 13.1 Å². The van der Waals surface area contributed by atoms with Crippen molar-refractivity contribution in [3.05, 3.63) is 11.9 Å². The lowest BCUT2D eigenvalue weighted by molar-refractivity contribution is 0.271. The minimum atomic E-state index is 0.646. The molecule has 0 aromatic carbocycles. The van der Waals surface area contributed by atoms with E-state index >= 15 is 0 Å². The minimum Gasteiger partial charge on any atom is -0.369 e. The molecule has 2 N–H and O–H groups in total. The van der Waals surface area contributed by atoms with Gasteiger partial charge in [-0.2, -0.15) is 0 Å². The van der Waals surface area contributed by atoms with E-state index in [9.17, 15) is 0 Å². The van der Waals surface area contributed by atoms with Gasteiger partial charge in [-0.25, -0.2) is 4.98 Å². The Labute approximate surface area is 65.6 Å². The molecule has 0 atom stereocenters. The summed E-state index contributed by atoms with van der Waals surface area (Å²) in [5, 5.41) is 0. The van der Waals surface area contributed by atoms with Gasteiger partial charge in [0.05, 0.1) is 11.9 Å².